The average Bonchev–Trinajstić information content (AvgIpc) is 3.37. The zero-order chi connectivity index (χ0) is 14.8. The van der Waals surface area contributed by atoms with Crippen molar-refractivity contribution < 1.29 is 19.4 Å². The Kier molecular flexibility index (Phi) is 4.50. The van der Waals surface area contributed by atoms with Crippen LogP contribution in [0.4, 0.5) is 0 Å². The number of ether oxygens (including phenoxy) is 2. The Hall–Kier alpha value is -1.07. The molecule has 1 N–H and O–H groups in total. The standard InChI is InChI=1S/C16H25NO4/c1-2-20-16-12(4-3-9-18)13(11-5-6-11)10-14(21-16)15(19)17-7-8-17/h10-13,16,18H,2-9H2,1H3/t12-,13-,16-/m0/s1. The fourth-order valence-electron chi connectivity index (χ4n) is 3.21. The molecule has 2 fully saturated rings. The molecule has 0 spiro atoms. The van der Waals surface area contributed by atoms with E-state index >= 15 is 0 Å². The number of nitrogens with zero attached hydrogens (tertiary/aromatic N) is 1. The summed E-state index contributed by atoms with van der Waals surface area (Å²) < 4.78 is 11.6. The molecule has 21 heavy (non-hydrogen) atoms. The van der Waals surface area contributed by atoms with Crippen molar-refractivity contribution >= 4 is 5.91 Å². The molecule has 1 saturated carbocycles. The van der Waals surface area contributed by atoms with E-state index in [9.17, 15) is 4.79 Å². The Balaban J connectivity index is 1.78. The predicted molar refractivity (Wildman–Crippen MR) is 77.2 cm³/mol. The van der Waals surface area contributed by atoms with Gasteiger partial charge in [-0.3, -0.25) is 4.79 Å². The van der Waals surface area contributed by atoms with E-state index < -0.39 is 0 Å². The molecule has 2 heterocycles. The van der Waals surface area contributed by atoms with Crippen molar-refractivity contribution in [2.75, 3.05) is 26.3 Å². The topological polar surface area (TPSA) is 58.8 Å². The maximum Gasteiger partial charge on any atom is 0.288 e. The first kappa shape index (κ1) is 14.9. The van der Waals surface area contributed by atoms with Gasteiger partial charge in [0.1, 0.15) is 0 Å². The number of hydrogen-bond donors (Lipinski definition) is 1. The molecule has 1 saturated heterocycles. The molecule has 5 heteroatoms. The van der Waals surface area contributed by atoms with E-state index in [2.05, 4.69) is 0 Å². The van der Waals surface area contributed by atoms with Gasteiger partial charge in [-0.1, -0.05) is 0 Å². The summed E-state index contributed by atoms with van der Waals surface area (Å²) in [5.74, 6) is 1.72. The van der Waals surface area contributed by atoms with E-state index in [-0.39, 0.29) is 24.7 Å². The van der Waals surface area contributed by atoms with Crippen LogP contribution in [0.15, 0.2) is 11.8 Å². The van der Waals surface area contributed by atoms with Crippen LogP contribution < -0.4 is 0 Å². The molecular formula is C16H25NO4. The van der Waals surface area contributed by atoms with Crippen molar-refractivity contribution in [3.63, 3.8) is 0 Å². The molecule has 0 bridgehead atoms. The quantitative estimate of drug-likeness (QED) is 0.724. The molecule has 0 aromatic heterocycles. The van der Waals surface area contributed by atoms with Gasteiger partial charge in [-0.05, 0) is 50.5 Å². The summed E-state index contributed by atoms with van der Waals surface area (Å²) in [6.07, 6.45) is 5.77. The van der Waals surface area contributed by atoms with Gasteiger partial charge in [-0.2, -0.15) is 0 Å². The SMILES string of the molecule is CCO[C@H]1OC(C(=O)N2CC2)=C[C@@H](C2CC2)[C@@H]1CCCO. The maximum absolute atomic E-state index is 12.3. The zero-order valence-corrected chi connectivity index (χ0v) is 12.7. The van der Waals surface area contributed by atoms with Crippen molar-refractivity contribution in [3.8, 4) is 0 Å². The summed E-state index contributed by atoms with van der Waals surface area (Å²) in [5.41, 5.74) is 0. The number of hydrogen-bond acceptors (Lipinski definition) is 4. The summed E-state index contributed by atoms with van der Waals surface area (Å²) in [6.45, 7) is 4.38. The van der Waals surface area contributed by atoms with Gasteiger partial charge in [0.25, 0.3) is 5.91 Å². The van der Waals surface area contributed by atoms with Crippen LogP contribution in [-0.4, -0.2) is 48.5 Å². The van der Waals surface area contributed by atoms with E-state index in [0.717, 1.165) is 25.9 Å². The highest BCUT2D eigenvalue weighted by molar-refractivity contribution is 5.93. The highest BCUT2D eigenvalue weighted by atomic mass is 16.7. The third-order valence-electron chi connectivity index (χ3n) is 4.57. The molecule has 1 amide bonds. The van der Waals surface area contributed by atoms with Gasteiger partial charge < -0.3 is 19.5 Å². The normalized spacial score (nSPS) is 31.6. The minimum Gasteiger partial charge on any atom is -0.459 e. The van der Waals surface area contributed by atoms with Crippen LogP contribution in [0.2, 0.25) is 0 Å². The third kappa shape index (κ3) is 3.40. The minimum atomic E-state index is -0.351. The largest absolute Gasteiger partial charge is 0.459 e. The lowest BCUT2D eigenvalue weighted by Crippen LogP contribution is -2.39. The van der Waals surface area contributed by atoms with Crippen LogP contribution in [0.1, 0.15) is 32.6 Å². The number of carbonyl (C=O) groups is 1. The second-order valence-corrected chi connectivity index (χ2v) is 6.21. The van der Waals surface area contributed by atoms with Crippen molar-refractivity contribution in [2.45, 2.75) is 38.9 Å². The Morgan fingerprint density at radius 3 is 2.81 bits per heavy atom. The number of rotatable bonds is 7. The Labute approximate surface area is 125 Å². The molecule has 5 nitrogen and oxygen atoms in total. The lowest BCUT2D eigenvalue weighted by atomic mass is 9.82. The van der Waals surface area contributed by atoms with Crippen molar-refractivity contribution in [1.82, 2.24) is 4.90 Å². The summed E-state index contributed by atoms with van der Waals surface area (Å²) in [6, 6.07) is 0. The molecule has 1 aliphatic carbocycles. The number of aliphatic hydroxyl groups is 1. The summed E-state index contributed by atoms with van der Waals surface area (Å²) >= 11 is 0. The van der Waals surface area contributed by atoms with Gasteiger partial charge in [-0.15, -0.1) is 0 Å². The van der Waals surface area contributed by atoms with Crippen LogP contribution in [0, 0.1) is 17.8 Å². The van der Waals surface area contributed by atoms with Crippen molar-refractivity contribution in [1.29, 1.82) is 0 Å². The Bertz CT molecular complexity index is 415. The van der Waals surface area contributed by atoms with Gasteiger partial charge >= 0.3 is 0 Å². The van der Waals surface area contributed by atoms with Crippen LogP contribution in [0.25, 0.3) is 0 Å². The second-order valence-electron chi connectivity index (χ2n) is 6.21. The van der Waals surface area contributed by atoms with Gasteiger partial charge in [0.05, 0.1) is 0 Å². The van der Waals surface area contributed by atoms with E-state index in [0.29, 0.717) is 24.2 Å². The molecule has 2 aliphatic heterocycles. The smallest absolute Gasteiger partial charge is 0.288 e. The summed E-state index contributed by atoms with van der Waals surface area (Å²) in [5, 5.41) is 9.12. The fourth-order valence-corrected chi connectivity index (χ4v) is 3.21. The van der Waals surface area contributed by atoms with Crippen LogP contribution in [-0.2, 0) is 14.3 Å². The Morgan fingerprint density at radius 2 is 2.24 bits per heavy atom. The third-order valence-corrected chi connectivity index (χ3v) is 4.57. The average molecular weight is 295 g/mol. The highest BCUT2D eigenvalue weighted by Crippen LogP contribution is 2.47. The van der Waals surface area contributed by atoms with Gasteiger partial charge in [0, 0.05) is 32.2 Å². The zero-order valence-electron chi connectivity index (χ0n) is 12.7. The van der Waals surface area contributed by atoms with Crippen LogP contribution in [0.3, 0.4) is 0 Å². The van der Waals surface area contributed by atoms with Gasteiger partial charge in [0.2, 0.25) is 6.29 Å². The number of amides is 1. The summed E-state index contributed by atoms with van der Waals surface area (Å²) in [4.78, 5) is 14.0. The first-order chi connectivity index (χ1) is 10.2. The summed E-state index contributed by atoms with van der Waals surface area (Å²) in [7, 11) is 0. The monoisotopic (exact) mass is 295 g/mol. The van der Waals surface area contributed by atoms with Crippen molar-refractivity contribution in [3.05, 3.63) is 11.8 Å². The second kappa shape index (κ2) is 6.36. The molecule has 3 atom stereocenters. The first-order valence-electron chi connectivity index (χ1n) is 8.14. The molecule has 118 valence electrons. The van der Waals surface area contributed by atoms with E-state index in [1.54, 1.807) is 4.90 Å². The molecule has 0 aromatic rings. The van der Waals surface area contributed by atoms with Crippen LogP contribution in [0.5, 0.6) is 0 Å². The number of carbonyl (C=O) groups excluding carboxylic acids is 1. The molecule has 0 unspecified atom stereocenters. The minimum absolute atomic E-state index is 0.00552. The first-order valence-corrected chi connectivity index (χ1v) is 8.14. The maximum atomic E-state index is 12.3. The number of aliphatic hydroxyl groups excluding tert-OH is 1. The lowest BCUT2D eigenvalue weighted by molar-refractivity contribution is -0.175. The van der Waals surface area contributed by atoms with E-state index in [1.807, 2.05) is 13.0 Å². The van der Waals surface area contributed by atoms with Crippen molar-refractivity contribution in [2.24, 2.45) is 17.8 Å². The van der Waals surface area contributed by atoms with Crippen LogP contribution >= 0.6 is 0 Å². The van der Waals surface area contributed by atoms with E-state index in [1.165, 1.54) is 12.8 Å². The highest BCUT2D eigenvalue weighted by Gasteiger charge is 2.45. The fraction of sp³-hybridized carbons (Fsp3) is 0.812. The van der Waals surface area contributed by atoms with Gasteiger partial charge in [0.15, 0.2) is 5.76 Å². The molecule has 3 rings (SSSR count). The molecule has 0 aromatic carbocycles. The van der Waals surface area contributed by atoms with Gasteiger partial charge in [-0.25, -0.2) is 0 Å². The molecule has 3 aliphatic rings. The number of allylic oxidation sites excluding steroid dienone is 1. The lowest BCUT2D eigenvalue weighted by Gasteiger charge is -2.37. The molecule has 0 radical (unpaired) electrons. The predicted octanol–water partition coefficient (Wildman–Crippen LogP) is 1.52. The van der Waals surface area contributed by atoms with E-state index in [4.69, 9.17) is 14.6 Å². The Morgan fingerprint density at radius 1 is 1.48 bits per heavy atom. The molecular weight excluding hydrogens is 270 g/mol.